The Bertz CT molecular complexity index is 806. The average molecular weight is 326 g/mol. The van der Waals surface area contributed by atoms with Crippen LogP contribution >= 0.6 is 0 Å². The SMILES string of the molecule is Fc1cc(Cn2ccnc2)cc(-c2cnn(C[C@H]3CCOC3)c2)c1. The Morgan fingerprint density at radius 3 is 3.00 bits per heavy atom. The van der Waals surface area contributed by atoms with Crippen molar-refractivity contribution in [2.75, 3.05) is 13.2 Å². The summed E-state index contributed by atoms with van der Waals surface area (Å²) in [5.41, 5.74) is 2.68. The molecule has 0 aliphatic carbocycles. The molecule has 3 aromatic rings. The van der Waals surface area contributed by atoms with Gasteiger partial charge in [-0.05, 0) is 35.7 Å². The topological polar surface area (TPSA) is 44.9 Å². The van der Waals surface area contributed by atoms with Crippen molar-refractivity contribution in [1.29, 1.82) is 0 Å². The van der Waals surface area contributed by atoms with E-state index in [1.807, 2.05) is 27.7 Å². The highest BCUT2D eigenvalue weighted by molar-refractivity contribution is 5.62. The summed E-state index contributed by atoms with van der Waals surface area (Å²) >= 11 is 0. The molecule has 4 rings (SSSR count). The number of rotatable bonds is 5. The smallest absolute Gasteiger partial charge is 0.124 e. The average Bonchev–Trinajstić information content (AvgIpc) is 3.29. The molecule has 0 N–H and O–H groups in total. The Hall–Kier alpha value is -2.47. The third-order valence-corrected chi connectivity index (χ3v) is 4.32. The number of imidazole rings is 1. The van der Waals surface area contributed by atoms with Gasteiger partial charge in [-0.3, -0.25) is 4.68 Å². The van der Waals surface area contributed by atoms with E-state index in [-0.39, 0.29) is 5.82 Å². The zero-order valence-electron chi connectivity index (χ0n) is 13.3. The fourth-order valence-corrected chi connectivity index (χ4v) is 3.10. The van der Waals surface area contributed by atoms with E-state index < -0.39 is 0 Å². The maximum absolute atomic E-state index is 14.0. The Morgan fingerprint density at radius 1 is 1.25 bits per heavy atom. The van der Waals surface area contributed by atoms with Crippen LogP contribution in [-0.4, -0.2) is 32.5 Å². The van der Waals surface area contributed by atoms with E-state index in [1.165, 1.54) is 0 Å². The minimum atomic E-state index is -0.237. The summed E-state index contributed by atoms with van der Waals surface area (Å²) in [4.78, 5) is 4.02. The molecule has 6 heteroatoms. The van der Waals surface area contributed by atoms with Gasteiger partial charge in [-0.25, -0.2) is 9.37 Å². The molecular formula is C18H19FN4O. The van der Waals surface area contributed by atoms with E-state index in [0.717, 1.165) is 42.9 Å². The molecule has 0 amide bonds. The van der Waals surface area contributed by atoms with Crippen LogP contribution in [0.4, 0.5) is 4.39 Å². The monoisotopic (exact) mass is 326 g/mol. The highest BCUT2D eigenvalue weighted by atomic mass is 19.1. The number of hydrogen-bond donors (Lipinski definition) is 0. The van der Waals surface area contributed by atoms with Crippen molar-refractivity contribution in [2.24, 2.45) is 5.92 Å². The van der Waals surface area contributed by atoms with Gasteiger partial charge in [-0.1, -0.05) is 0 Å². The minimum absolute atomic E-state index is 0.237. The molecule has 124 valence electrons. The van der Waals surface area contributed by atoms with Gasteiger partial charge in [0.2, 0.25) is 0 Å². The van der Waals surface area contributed by atoms with Crippen LogP contribution in [-0.2, 0) is 17.8 Å². The largest absolute Gasteiger partial charge is 0.381 e. The lowest BCUT2D eigenvalue weighted by Gasteiger charge is -2.07. The second-order valence-electron chi connectivity index (χ2n) is 6.26. The summed E-state index contributed by atoms with van der Waals surface area (Å²) in [5.74, 6) is 0.279. The van der Waals surface area contributed by atoms with Crippen molar-refractivity contribution in [3.63, 3.8) is 0 Å². The first-order valence-electron chi connectivity index (χ1n) is 8.12. The fraction of sp³-hybridized carbons (Fsp3) is 0.333. The first kappa shape index (κ1) is 15.1. The summed E-state index contributed by atoms with van der Waals surface area (Å²) in [6, 6.07) is 5.12. The van der Waals surface area contributed by atoms with E-state index in [2.05, 4.69) is 10.1 Å². The number of nitrogens with zero attached hydrogens (tertiary/aromatic N) is 4. The molecule has 0 bridgehead atoms. The molecule has 1 saturated heterocycles. The van der Waals surface area contributed by atoms with Crippen LogP contribution in [0.25, 0.3) is 11.1 Å². The van der Waals surface area contributed by atoms with Crippen LogP contribution < -0.4 is 0 Å². The van der Waals surface area contributed by atoms with E-state index in [1.54, 1.807) is 30.9 Å². The Morgan fingerprint density at radius 2 is 2.21 bits per heavy atom. The molecule has 1 aliphatic rings. The molecule has 1 atom stereocenters. The third kappa shape index (κ3) is 3.38. The molecule has 24 heavy (non-hydrogen) atoms. The zero-order chi connectivity index (χ0) is 16.4. The Labute approximate surface area is 139 Å². The highest BCUT2D eigenvalue weighted by Crippen LogP contribution is 2.23. The molecule has 0 unspecified atom stereocenters. The first-order chi connectivity index (χ1) is 11.8. The second kappa shape index (κ2) is 6.57. The van der Waals surface area contributed by atoms with E-state index in [9.17, 15) is 4.39 Å². The number of benzene rings is 1. The van der Waals surface area contributed by atoms with E-state index in [4.69, 9.17) is 4.74 Å². The lowest BCUT2D eigenvalue weighted by atomic mass is 10.1. The standard InChI is InChI=1S/C18H19FN4O/c19-18-6-15(9-22-3-2-20-13-22)5-16(7-18)17-8-21-23(11-17)10-14-1-4-24-12-14/h2-3,5-8,11,13-14H,1,4,9-10,12H2/t14-/m1/s1. The summed E-state index contributed by atoms with van der Waals surface area (Å²) in [6.07, 6.45) is 10.2. The number of aromatic nitrogens is 4. The van der Waals surface area contributed by atoms with Crippen LogP contribution in [0.3, 0.4) is 0 Å². The van der Waals surface area contributed by atoms with Gasteiger partial charge in [0.15, 0.2) is 0 Å². The van der Waals surface area contributed by atoms with E-state index >= 15 is 0 Å². The van der Waals surface area contributed by atoms with E-state index in [0.29, 0.717) is 12.5 Å². The van der Waals surface area contributed by atoms with Crippen LogP contribution in [0.1, 0.15) is 12.0 Å². The first-order valence-corrected chi connectivity index (χ1v) is 8.12. The number of ether oxygens (including phenoxy) is 1. The molecule has 3 heterocycles. The molecule has 1 fully saturated rings. The Kier molecular flexibility index (Phi) is 4.13. The second-order valence-corrected chi connectivity index (χ2v) is 6.26. The van der Waals surface area contributed by atoms with Crippen LogP contribution in [0, 0.1) is 11.7 Å². The summed E-state index contributed by atoms with van der Waals surface area (Å²) in [6.45, 7) is 3.07. The lowest BCUT2D eigenvalue weighted by Crippen LogP contribution is -2.10. The lowest BCUT2D eigenvalue weighted by molar-refractivity contribution is 0.181. The fourth-order valence-electron chi connectivity index (χ4n) is 3.10. The third-order valence-electron chi connectivity index (χ3n) is 4.32. The van der Waals surface area contributed by atoms with Gasteiger partial charge in [0.05, 0.1) is 19.1 Å². The molecule has 0 radical (unpaired) electrons. The van der Waals surface area contributed by atoms with Gasteiger partial charge in [0.1, 0.15) is 5.82 Å². The molecule has 1 aromatic carbocycles. The normalized spacial score (nSPS) is 17.5. The van der Waals surface area contributed by atoms with Gasteiger partial charge in [-0.2, -0.15) is 5.10 Å². The predicted octanol–water partition coefficient (Wildman–Crippen LogP) is 2.97. The number of hydrogen-bond acceptors (Lipinski definition) is 3. The summed E-state index contributed by atoms with van der Waals surface area (Å²) < 4.78 is 23.3. The van der Waals surface area contributed by atoms with Crippen LogP contribution in [0.2, 0.25) is 0 Å². The minimum Gasteiger partial charge on any atom is -0.381 e. The van der Waals surface area contributed by atoms with Crippen molar-refractivity contribution >= 4 is 0 Å². The van der Waals surface area contributed by atoms with Gasteiger partial charge in [-0.15, -0.1) is 0 Å². The maximum atomic E-state index is 14.0. The molecule has 2 aromatic heterocycles. The number of halogens is 1. The quantitative estimate of drug-likeness (QED) is 0.724. The maximum Gasteiger partial charge on any atom is 0.124 e. The molecular weight excluding hydrogens is 307 g/mol. The zero-order valence-corrected chi connectivity index (χ0v) is 13.3. The van der Waals surface area contributed by atoms with Gasteiger partial charge in [0, 0.05) is 49.8 Å². The van der Waals surface area contributed by atoms with Crippen molar-refractivity contribution < 1.29 is 9.13 Å². The highest BCUT2D eigenvalue weighted by Gasteiger charge is 2.16. The van der Waals surface area contributed by atoms with Crippen molar-refractivity contribution in [2.45, 2.75) is 19.5 Å². The van der Waals surface area contributed by atoms with Crippen LogP contribution in [0.15, 0.2) is 49.3 Å². The molecule has 5 nitrogen and oxygen atoms in total. The van der Waals surface area contributed by atoms with Crippen molar-refractivity contribution in [3.8, 4) is 11.1 Å². The molecule has 0 saturated carbocycles. The summed E-state index contributed by atoms with van der Waals surface area (Å²) in [7, 11) is 0. The van der Waals surface area contributed by atoms with Crippen molar-refractivity contribution in [3.05, 3.63) is 60.7 Å². The predicted molar refractivity (Wildman–Crippen MR) is 87.9 cm³/mol. The molecule has 0 spiro atoms. The van der Waals surface area contributed by atoms with Crippen molar-refractivity contribution in [1.82, 2.24) is 19.3 Å². The van der Waals surface area contributed by atoms with Gasteiger partial charge < -0.3 is 9.30 Å². The Balaban J connectivity index is 1.54. The van der Waals surface area contributed by atoms with Gasteiger partial charge in [0.25, 0.3) is 0 Å². The van der Waals surface area contributed by atoms with Gasteiger partial charge >= 0.3 is 0 Å². The van der Waals surface area contributed by atoms with Crippen LogP contribution in [0.5, 0.6) is 0 Å². The summed E-state index contributed by atoms with van der Waals surface area (Å²) in [5, 5.41) is 4.41. The molecule has 1 aliphatic heterocycles.